The number of hydrogen-bond donors (Lipinski definition) is 1. The molecule has 0 unspecified atom stereocenters. The summed E-state index contributed by atoms with van der Waals surface area (Å²) >= 11 is 14.4. The third kappa shape index (κ3) is 2.87. The van der Waals surface area contributed by atoms with Crippen LogP contribution in [0.4, 0.5) is 5.13 Å². The zero-order valence-electron chi connectivity index (χ0n) is 14.3. The van der Waals surface area contributed by atoms with Crippen LogP contribution in [0.1, 0.15) is 54.6 Å². The Morgan fingerprint density at radius 1 is 1.23 bits per heavy atom. The average Bonchev–Trinajstić information content (AvgIpc) is 3.02. The highest BCUT2D eigenvalue weighted by Crippen LogP contribution is 2.64. The number of aromatic nitrogens is 1. The van der Waals surface area contributed by atoms with Gasteiger partial charge in [-0.15, -0.1) is 22.9 Å². The molecule has 1 aromatic carbocycles. The summed E-state index contributed by atoms with van der Waals surface area (Å²) in [6.45, 7) is 0. The van der Waals surface area contributed by atoms with Gasteiger partial charge >= 0.3 is 0 Å². The van der Waals surface area contributed by atoms with E-state index in [1.807, 2.05) is 0 Å². The number of amides is 1. The molecule has 0 spiro atoms. The maximum atomic E-state index is 12.5. The van der Waals surface area contributed by atoms with Gasteiger partial charge in [0.1, 0.15) is 0 Å². The minimum atomic E-state index is -0.173. The Hall–Kier alpha value is -1.10. The number of nitrogens with zero attached hydrogens (tertiary/aromatic N) is 1. The zero-order chi connectivity index (χ0) is 17.9. The van der Waals surface area contributed by atoms with Crippen molar-refractivity contribution in [3.8, 4) is 0 Å². The number of carbonyl (C=O) groups excluding carboxylic acids is 1. The number of nitrogens with one attached hydrogen (secondary N) is 1. The van der Waals surface area contributed by atoms with Gasteiger partial charge in [0, 0.05) is 26.3 Å². The fourth-order valence-electron chi connectivity index (χ4n) is 5.82. The van der Waals surface area contributed by atoms with Crippen LogP contribution in [0.25, 0.3) is 0 Å². The molecule has 4 fully saturated rings. The summed E-state index contributed by atoms with van der Waals surface area (Å²) in [5.74, 6) is 1.30. The molecule has 4 aliphatic rings. The van der Waals surface area contributed by atoms with Crippen molar-refractivity contribution in [2.45, 2.75) is 48.8 Å². The van der Waals surface area contributed by atoms with Crippen LogP contribution >= 0.6 is 34.5 Å². The van der Waals surface area contributed by atoms with Crippen LogP contribution < -0.4 is 5.32 Å². The van der Waals surface area contributed by atoms with E-state index in [9.17, 15) is 4.79 Å². The first-order valence-electron chi connectivity index (χ1n) is 9.15. The number of halogens is 2. The molecule has 2 aromatic rings. The highest BCUT2D eigenvalue weighted by Gasteiger charge is 2.58. The quantitative estimate of drug-likeness (QED) is 0.646. The van der Waals surface area contributed by atoms with Crippen molar-refractivity contribution in [3.63, 3.8) is 0 Å². The van der Waals surface area contributed by atoms with Gasteiger partial charge in [-0.1, -0.05) is 17.7 Å². The van der Waals surface area contributed by atoms with Crippen LogP contribution in [0.2, 0.25) is 5.02 Å². The monoisotopic (exact) mass is 406 g/mol. The van der Waals surface area contributed by atoms with Gasteiger partial charge in [-0.05, 0) is 68.6 Å². The molecule has 3 nitrogen and oxygen atoms in total. The molecular weight excluding hydrogens is 387 g/mol. The van der Waals surface area contributed by atoms with Gasteiger partial charge in [-0.3, -0.25) is 10.1 Å². The number of carbonyl (C=O) groups is 1. The summed E-state index contributed by atoms with van der Waals surface area (Å²) < 4.78 is 0. The van der Waals surface area contributed by atoms with Crippen LogP contribution in [0.3, 0.4) is 0 Å². The fourth-order valence-corrected chi connectivity index (χ4v) is 7.54. The molecule has 6 heteroatoms. The third-order valence-corrected chi connectivity index (χ3v) is 7.78. The van der Waals surface area contributed by atoms with E-state index < -0.39 is 0 Å². The van der Waals surface area contributed by atoms with E-state index in [4.69, 9.17) is 28.2 Å². The SMILES string of the molecule is O=C(Nc1nc(C23C[C@@H]4C[C@H](CC(Cl)(C4)C2)C3)cs1)c1cccc(Cl)c1. The number of rotatable bonds is 3. The fraction of sp³-hybridized carbons (Fsp3) is 0.500. The Balaban J connectivity index is 1.38. The maximum absolute atomic E-state index is 12.5. The van der Waals surface area contributed by atoms with Gasteiger partial charge in [0.25, 0.3) is 5.91 Å². The van der Waals surface area contributed by atoms with Crippen LogP contribution in [-0.4, -0.2) is 15.8 Å². The second kappa shape index (κ2) is 5.95. The number of benzene rings is 1. The highest BCUT2D eigenvalue weighted by atomic mass is 35.5. The van der Waals surface area contributed by atoms with E-state index in [-0.39, 0.29) is 16.2 Å². The maximum Gasteiger partial charge on any atom is 0.257 e. The topological polar surface area (TPSA) is 42.0 Å². The van der Waals surface area contributed by atoms with Gasteiger partial charge in [0.05, 0.1) is 5.69 Å². The minimum Gasteiger partial charge on any atom is -0.298 e. The molecule has 4 bridgehead atoms. The molecule has 4 saturated carbocycles. The molecule has 4 aliphatic carbocycles. The van der Waals surface area contributed by atoms with Crippen LogP contribution in [0.15, 0.2) is 29.6 Å². The zero-order valence-corrected chi connectivity index (χ0v) is 16.6. The second-order valence-corrected chi connectivity index (χ2v) is 10.5. The van der Waals surface area contributed by atoms with Gasteiger partial charge in [0.2, 0.25) is 0 Å². The number of alkyl halides is 1. The molecule has 1 amide bonds. The first-order valence-corrected chi connectivity index (χ1v) is 10.8. The lowest BCUT2D eigenvalue weighted by Crippen LogP contribution is -2.55. The molecule has 136 valence electrons. The van der Waals surface area contributed by atoms with E-state index in [1.54, 1.807) is 24.3 Å². The first-order chi connectivity index (χ1) is 12.4. The minimum absolute atomic E-state index is 0.0299. The molecule has 0 aliphatic heterocycles. The van der Waals surface area contributed by atoms with E-state index >= 15 is 0 Å². The standard InChI is InChI=1S/C20H20Cl2N2OS/c21-15-3-1-2-14(5-15)17(25)24-18-23-16(10-26-18)19-6-12-4-13(7-19)9-20(22,8-12)11-19/h1-3,5,10,12-13H,4,6-9,11H2,(H,23,24,25)/t12-,13-,19?,20?/m0/s1. The van der Waals surface area contributed by atoms with Crippen molar-refractivity contribution < 1.29 is 4.79 Å². The van der Waals surface area contributed by atoms with Gasteiger partial charge in [-0.2, -0.15) is 0 Å². The van der Waals surface area contributed by atoms with E-state index in [2.05, 4.69) is 10.7 Å². The van der Waals surface area contributed by atoms with E-state index in [0.29, 0.717) is 15.7 Å². The summed E-state index contributed by atoms with van der Waals surface area (Å²) in [6.07, 6.45) is 7.08. The van der Waals surface area contributed by atoms with Crippen LogP contribution in [0, 0.1) is 11.8 Å². The predicted octanol–water partition coefficient (Wildman–Crippen LogP) is 5.88. The van der Waals surface area contributed by atoms with Crippen molar-refractivity contribution in [1.82, 2.24) is 4.98 Å². The summed E-state index contributed by atoms with van der Waals surface area (Å²) in [4.78, 5) is 17.2. The Labute approximate surface area is 167 Å². The summed E-state index contributed by atoms with van der Waals surface area (Å²) in [5, 5.41) is 6.26. The van der Waals surface area contributed by atoms with Crippen molar-refractivity contribution >= 4 is 45.6 Å². The molecule has 1 aromatic heterocycles. The second-order valence-electron chi connectivity index (χ2n) is 8.39. The molecule has 1 heterocycles. The van der Waals surface area contributed by atoms with Gasteiger partial charge in [-0.25, -0.2) is 4.98 Å². The van der Waals surface area contributed by atoms with Crippen LogP contribution in [-0.2, 0) is 5.41 Å². The highest BCUT2D eigenvalue weighted by molar-refractivity contribution is 7.14. The van der Waals surface area contributed by atoms with E-state index in [1.165, 1.54) is 30.6 Å². The molecule has 2 atom stereocenters. The molecular formula is C20H20Cl2N2OS. The van der Waals surface area contributed by atoms with Crippen molar-refractivity contribution in [2.75, 3.05) is 5.32 Å². The average molecular weight is 407 g/mol. The number of anilines is 1. The summed E-state index contributed by atoms with van der Waals surface area (Å²) in [6, 6.07) is 6.96. The number of hydrogen-bond acceptors (Lipinski definition) is 3. The summed E-state index contributed by atoms with van der Waals surface area (Å²) in [7, 11) is 0. The molecule has 0 saturated heterocycles. The molecule has 6 rings (SSSR count). The Morgan fingerprint density at radius 3 is 2.69 bits per heavy atom. The Kier molecular flexibility index (Phi) is 3.90. The van der Waals surface area contributed by atoms with Crippen molar-refractivity contribution in [1.29, 1.82) is 0 Å². The molecule has 26 heavy (non-hydrogen) atoms. The molecule has 0 radical (unpaired) electrons. The van der Waals surface area contributed by atoms with Crippen molar-refractivity contribution in [2.24, 2.45) is 11.8 Å². The smallest absolute Gasteiger partial charge is 0.257 e. The Bertz CT molecular complexity index is 866. The Morgan fingerprint density at radius 2 is 2.00 bits per heavy atom. The lowest BCUT2D eigenvalue weighted by Gasteiger charge is -2.59. The van der Waals surface area contributed by atoms with E-state index in [0.717, 1.165) is 36.8 Å². The van der Waals surface area contributed by atoms with Crippen molar-refractivity contribution in [3.05, 3.63) is 45.9 Å². The van der Waals surface area contributed by atoms with Gasteiger partial charge in [0.15, 0.2) is 5.13 Å². The third-order valence-electron chi connectivity index (χ3n) is 6.34. The lowest BCUT2D eigenvalue weighted by molar-refractivity contribution is 0.00720. The predicted molar refractivity (Wildman–Crippen MR) is 106 cm³/mol. The largest absolute Gasteiger partial charge is 0.298 e. The van der Waals surface area contributed by atoms with Crippen LogP contribution in [0.5, 0.6) is 0 Å². The lowest BCUT2D eigenvalue weighted by atomic mass is 9.48. The normalized spacial score (nSPS) is 34.8. The molecule has 1 N–H and O–H groups in total. The van der Waals surface area contributed by atoms with Gasteiger partial charge < -0.3 is 0 Å². The number of thiazole rings is 1. The first kappa shape index (κ1) is 17.0. The summed E-state index contributed by atoms with van der Waals surface area (Å²) in [5.41, 5.74) is 1.79.